The van der Waals surface area contributed by atoms with E-state index in [-0.39, 0.29) is 5.97 Å². The van der Waals surface area contributed by atoms with Gasteiger partial charge >= 0.3 is 5.97 Å². The third-order valence-corrected chi connectivity index (χ3v) is 2.32. The van der Waals surface area contributed by atoms with Gasteiger partial charge in [0.25, 0.3) is 0 Å². The van der Waals surface area contributed by atoms with Crippen molar-refractivity contribution in [2.75, 3.05) is 47.1 Å². The number of esters is 1. The van der Waals surface area contributed by atoms with Crippen LogP contribution in [0.1, 0.15) is 0 Å². The van der Waals surface area contributed by atoms with Gasteiger partial charge in [-0.05, 0) is 0 Å². The molecule has 1 rings (SSSR count). The van der Waals surface area contributed by atoms with Crippen LogP contribution in [0.2, 0.25) is 0 Å². The largest absolute Gasteiger partial charge is 0.468 e. The predicted molar refractivity (Wildman–Crippen MR) is 50.0 cm³/mol. The van der Waals surface area contributed by atoms with Crippen LogP contribution in [0, 0.1) is 5.41 Å². The molecule has 0 amide bonds. The van der Waals surface area contributed by atoms with Crippen molar-refractivity contribution in [3.05, 3.63) is 0 Å². The highest BCUT2D eigenvalue weighted by Gasteiger charge is 2.46. The molecule has 0 aromatic heterocycles. The van der Waals surface area contributed by atoms with E-state index in [1.54, 1.807) is 7.11 Å². The topological polar surface area (TPSA) is 56.8 Å². The summed E-state index contributed by atoms with van der Waals surface area (Å²) in [5.41, 5.74) is -0.470. The molecule has 1 saturated heterocycles. The highest BCUT2D eigenvalue weighted by molar-refractivity contribution is 5.78. The summed E-state index contributed by atoms with van der Waals surface area (Å²) in [6, 6.07) is 0. The average molecular weight is 203 g/mol. The van der Waals surface area contributed by atoms with Crippen LogP contribution in [0.25, 0.3) is 0 Å². The van der Waals surface area contributed by atoms with Crippen LogP contribution >= 0.6 is 0 Å². The lowest BCUT2D eigenvalue weighted by atomic mass is 9.86. The summed E-state index contributed by atoms with van der Waals surface area (Å²) >= 11 is 0. The van der Waals surface area contributed by atoms with Gasteiger partial charge in [0.1, 0.15) is 5.41 Å². The summed E-state index contributed by atoms with van der Waals surface area (Å²) < 4.78 is 14.7. The molecule has 1 aliphatic heterocycles. The monoisotopic (exact) mass is 203 g/mol. The number of nitrogens with one attached hydrogen (secondary N) is 1. The number of hydrogen-bond donors (Lipinski definition) is 1. The van der Waals surface area contributed by atoms with Gasteiger partial charge in [-0.2, -0.15) is 0 Å². The van der Waals surface area contributed by atoms with Gasteiger partial charge in [0.05, 0.1) is 26.9 Å². The highest BCUT2D eigenvalue weighted by atomic mass is 16.5. The van der Waals surface area contributed by atoms with Crippen LogP contribution in [0.3, 0.4) is 0 Å². The molecule has 0 radical (unpaired) electrons. The van der Waals surface area contributed by atoms with E-state index in [1.165, 1.54) is 7.11 Å². The van der Waals surface area contributed by atoms with Gasteiger partial charge in [-0.1, -0.05) is 0 Å². The Hall–Kier alpha value is -0.650. The lowest BCUT2D eigenvalue weighted by Crippen LogP contribution is -2.55. The maximum absolute atomic E-state index is 11.4. The summed E-state index contributed by atoms with van der Waals surface area (Å²) in [7, 11) is 3.04. The number of hydrogen-bond acceptors (Lipinski definition) is 5. The summed E-state index contributed by atoms with van der Waals surface area (Å²) in [6.07, 6.45) is 0. The van der Waals surface area contributed by atoms with E-state index in [9.17, 15) is 4.79 Å². The van der Waals surface area contributed by atoms with Crippen molar-refractivity contribution in [3.63, 3.8) is 0 Å². The van der Waals surface area contributed by atoms with Crippen molar-refractivity contribution in [2.24, 2.45) is 5.41 Å². The second kappa shape index (κ2) is 5.29. The van der Waals surface area contributed by atoms with Crippen molar-refractivity contribution in [3.8, 4) is 0 Å². The van der Waals surface area contributed by atoms with Gasteiger partial charge in [-0.15, -0.1) is 0 Å². The van der Waals surface area contributed by atoms with Crippen LogP contribution in [-0.4, -0.2) is 53.1 Å². The first kappa shape index (κ1) is 11.4. The molecule has 5 heteroatoms. The molecule has 0 aromatic rings. The maximum atomic E-state index is 11.4. The number of rotatable bonds is 6. The number of carbonyl (C=O) groups excluding carboxylic acids is 1. The van der Waals surface area contributed by atoms with E-state index >= 15 is 0 Å². The molecular formula is C9H17NO4. The minimum absolute atomic E-state index is 0.200. The lowest BCUT2D eigenvalue weighted by Gasteiger charge is -2.38. The zero-order valence-electron chi connectivity index (χ0n) is 8.67. The quantitative estimate of drug-likeness (QED) is 0.462. The first-order valence-electron chi connectivity index (χ1n) is 4.61. The molecule has 0 bridgehead atoms. The molecule has 0 unspecified atom stereocenters. The predicted octanol–water partition coefficient (Wildman–Crippen LogP) is -0.588. The van der Waals surface area contributed by atoms with E-state index in [1.807, 2.05) is 0 Å². The van der Waals surface area contributed by atoms with E-state index in [0.29, 0.717) is 26.4 Å². The van der Waals surface area contributed by atoms with Gasteiger partial charge in [0.2, 0.25) is 0 Å². The van der Waals surface area contributed by atoms with Gasteiger partial charge in [0.15, 0.2) is 0 Å². The molecular weight excluding hydrogens is 186 g/mol. The maximum Gasteiger partial charge on any atom is 0.317 e. The second-order valence-corrected chi connectivity index (χ2v) is 3.43. The SMILES string of the molecule is COCCNCC1(C(=O)OC)COC1. The Morgan fingerprint density at radius 1 is 1.50 bits per heavy atom. The van der Waals surface area contributed by atoms with Crippen LogP contribution in [0.5, 0.6) is 0 Å². The minimum Gasteiger partial charge on any atom is -0.468 e. The van der Waals surface area contributed by atoms with Crippen molar-refractivity contribution in [1.82, 2.24) is 5.32 Å². The number of carbonyl (C=O) groups is 1. The Morgan fingerprint density at radius 2 is 2.21 bits per heavy atom. The standard InChI is InChI=1S/C9H17NO4/c1-12-4-3-10-5-9(6-14-7-9)8(11)13-2/h10H,3-7H2,1-2H3. The zero-order chi connectivity index (χ0) is 10.4. The fourth-order valence-corrected chi connectivity index (χ4v) is 1.36. The van der Waals surface area contributed by atoms with Crippen LogP contribution in [0.4, 0.5) is 0 Å². The average Bonchev–Trinajstić information content (AvgIpc) is 2.14. The van der Waals surface area contributed by atoms with Crippen LogP contribution in [0.15, 0.2) is 0 Å². The summed E-state index contributed by atoms with van der Waals surface area (Å²) in [5.74, 6) is -0.200. The molecule has 0 aromatic carbocycles. The molecule has 0 saturated carbocycles. The zero-order valence-corrected chi connectivity index (χ0v) is 8.67. The molecule has 0 atom stereocenters. The van der Waals surface area contributed by atoms with E-state index in [0.717, 1.165) is 6.54 Å². The van der Waals surface area contributed by atoms with Gasteiger partial charge in [-0.25, -0.2) is 0 Å². The Morgan fingerprint density at radius 3 is 2.64 bits per heavy atom. The van der Waals surface area contributed by atoms with Crippen LogP contribution < -0.4 is 5.32 Å². The molecule has 1 heterocycles. The Bertz CT molecular complexity index is 191. The molecule has 0 aliphatic carbocycles. The summed E-state index contributed by atoms with van der Waals surface area (Å²) in [4.78, 5) is 11.4. The first-order chi connectivity index (χ1) is 6.75. The molecule has 1 fully saturated rings. The third kappa shape index (κ3) is 2.43. The van der Waals surface area contributed by atoms with Crippen molar-refractivity contribution in [2.45, 2.75) is 0 Å². The minimum atomic E-state index is -0.470. The fraction of sp³-hybridized carbons (Fsp3) is 0.889. The van der Waals surface area contributed by atoms with Crippen LogP contribution in [-0.2, 0) is 19.0 Å². The molecule has 14 heavy (non-hydrogen) atoms. The Kier molecular flexibility index (Phi) is 4.31. The summed E-state index contributed by atoms with van der Waals surface area (Å²) in [6.45, 7) is 2.84. The van der Waals surface area contributed by atoms with Crippen molar-refractivity contribution in [1.29, 1.82) is 0 Å². The summed E-state index contributed by atoms with van der Waals surface area (Å²) in [5, 5.41) is 3.14. The first-order valence-corrected chi connectivity index (χ1v) is 4.61. The molecule has 82 valence electrons. The molecule has 0 spiro atoms. The lowest BCUT2D eigenvalue weighted by molar-refractivity contribution is -0.182. The highest BCUT2D eigenvalue weighted by Crippen LogP contribution is 2.27. The van der Waals surface area contributed by atoms with Gasteiger partial charge < -0.3 is 19.5 Å². The Labute approximate surface area is 83.7 Å². The van der Waals surface area contributed by atoms with E-state index < -0.39 is 5.41 Å². The van der Waals surface area contributed by atoms with E-state index in [2.05, 4.69) is 5.32 Å². The van der Waals surface area contributed by atoms with Gasteiger partial charge in [0, 0.05) is 20.2 Å². The Balaban J connectivity index is 2.27. The smallest absolute Gasteiger partial charge is 0.317 e. The molecule has 5 nitrogen and oxygen atoms in total. The molecule has 1 aliphatic rings. The third-order valence-electron chi connectivity index (χ3n) is 2.32. The van der Waals surface area contributed by atoms with Crippen molar-refractivity contribution < 1.29 is 19.0 Å². The fourth-order valence-electron chi connectivity index (χ4n) is 1.36. The van der Waals surface area contributed by atoms with Crippen molar-refractivity contribution >= 4 is 5.97 Å². The normalized spacial score (nSPS) is 18.7. The number of ether oxygens (including phenoxy) is 3. The van der Waals surface area contributed by atoms with Gasteiger partial charge in [-0.3, -0.25) is 4.79 Å². The molecule has 1 N–H and O–H groups in total. The second-order valence-electron chi connectivity index (χ2n) is 3.43. The van der Waals surface area contributed by atoms with E-state index in [4.69, 9.17) is 14.2 Å². The number of methoxy groups -OCH3 is 2.